The van der Waals surface area contributed by atoms with Crippen LogP contribution in [0.15, 0.2) is 42.5 Å². The Kier molecular flexibility index (Phi) is 4.58. The summed E-state index contributed by atoms with van der Waals surface area (Å²) in [5.41, 5.74) is 4.14. The Morgan fingerprint density at radius 3 is 2.74 bits per heavy atom. The number of hydrogen-bond acceptors (Lipinski definition) is 1. The van der Waals surface area contributed by atoms with Gasteiger partial charge in [0.25, 0.3) is 0 Å². The minimum Gasteiger partial charge on any atom is -0.317 e. The molecule has 1 fully saturated rings. The third-order valence-electron chi connectivity index (χ3n) is 4.57. The first kappa shape index (κ1) is 15.9. The van der Waals surface area contributed by atoms with Crippen LogP contribution < -0.4 is 5.32 Å². The second-order valence-electron chi connectivity index (χ2n) is 6.05. The van der Waals surface area contributed by atoms with Gasteiger partial charge in [-0.15, -0.1) is 0 Å². The van der Waals surface area contributed by atoms with Crippen molar-refractivity contribution in [2.24, 2.45) is 0 Å². The van der Waals surface area contributed by atoms with Crippen molar-refractivity contribution in [3.8, 4) is 0 Å². The average molecular weight is 329 g/mol. The van der Waals surface area contributed by atoms with Gasteiger partial charge >= 0.3 is 6.03 Å². The summed E-state index contributed by atoms with van der Waals surface area (Å²) in [7, 11) is 0. The summed E-state index contributed by atoms with van der Waals surface area (Å²) in [6.45, 7) is 4.80. The zero-order chi connectivity index (χ0) is 16.4. The molecule has 1 atom stereocenters. The molecule has 1 aliphatic rings. The van der Waals surface area contributed by atoms with Gasteiger partial charge in [-0.2, -0.15) is 0 Å². The summed E-state index contributed by atoms with van der Waals surface area (Å²) in [5, 5.41) is 3.68. The van der Waals surface area contributed by atoms with Crippen LogP contribution in [0, 0.1) is 13.8 Å². The number of amides is 2. The molecule has 4 heteroatoms. The van der Waals surface area contributed by atoms with E-state index in [0.29, 0.717) is 5.02 Å². The van der Waals surface area contributed by atoms with Crippen molar-refractivity contribution in [2.75, 3.05) is 11.9 Å². The van der Waals surface area contributed by atoms with E-state index in [0.717, 1.165) is 30.6 Å². The standard InChI is InChI=1S/C19H21ClN2O/c1-13-7-3-4-8-15(13)18-11-6-12-22(18)19(23)21-17-10-5-9-16(20)14(17)2/h3-5,7-10,18H,6,11-12H2,1-2H3,(H,21,23)/t18-/m0/s1. The molecule has 0 aromatic heterocycles. The highest BCUT2D eigenvalue weighted by Gasteiger charge is 2.30. The molecule has 2 aromatic rings. The minimum absolute atomic E-state index is 0.0545. The van der Waals surface area contributed by atoms with Crippen molar-refractivity contribution in [2.45, 2.75) is 32.7 Å². The molecule has 3 rings (SSSR count). The molecule has 120 valence electrons. The van der Waals surface area contributed by atoms with E-state index in [9.17, 15) is 4.79 Å². The molecule has 1 N–H and O–H groups in total. The van der Waals surface area contributed by atoms with E-state index < -0.39 is 0 Å². The van der Waals surface area contributed by atoms with Crippen LogP contribution in [0.1, 0.15) is 35.6 Å². The molecule has 0 bridgehead atoms. The number of aryl methyl sites for hydroxylation is 1. The summed E-state index contributed by atoms with van der Waals surface area (Å²) in [6, 6.07) is 14.0. The van der Waals surface area contributed by atoms with Crippen molar-refractivity contribution in [1.82, 2.24) is 4.90 Å². The van der Waals surface area contributed by atoms with Crippen LogP contribution in [0.2, 0.25) is 5.02 Å². The minimum atomic E-state index is -0.0545. The van der Waals surface area contributed by atoms with Crippen molar-refractivity contribution in [3.05, 3.63) is 64.2 Å². The first-order valence-corrected chi connectivity index (χ1v) is 8.34. The highest BCUT2D eigenvalue weighted by Crippen LogP contribution is 2.34. The summed E-state index contributed by atoms with van der Waals surface area (Å²) in [5.74, 6) is 0. The van der Waals surface area contributed by atoms with Gasteiger partial charge in [0, 0.05) is 17.3 Å². The lowest BCUT2D eigenvalue weighted by molar-refractivity contribution is 0.207. The molecule has 3 nitrogen and oxygen atoms in total. The van der Waals surface area contributed by atoms with Crippen LogP contribution in [0.25, 0.3) is 0 Å². The molecule has 0 spiro atoms. The molecule has 23 heavy (non-hydrogen) atoms. The largest absolute Gasteiger partial charge is 0.322 e. The fraction of sp³-hybridized carbons (Fsp3) is 0.316. The molecule has 2 amide bonds. The molecular weight excluding hydrogens is 308 g/mol. The number of anilines is 1. The lowest BCUT2D eigenvalue weighted by Crippen LogP contribution is -2.34. The lowest BCUT2D eigenvalue weighted by atomic mass is 9.99. The highest BCUT2D eigenvalue weighted by molar-refractivity contribution is 6.31. The maximum atomic E-state index is 12.7. The van der Waals surface area contributed by atoms with Crippen molar-refractivity contribution in [1.29, 1.82) is 0 Å². The first-order chi connectivity index (χ1) is 11.1. The zero-order valence-electron chi connectivity index (χ0n) is 13.5. The molecule has 0 aliphatic carbocycles. The number of nitrogens with one attached hydrogen (secondary N) is 1. The van der Waals surface area contributed by atoms with Crippen molar-refractivity contribution >= 4 is 23.3 Å². The summed E-state index contributed by atoms with van der Waals surface area (Å²) in [6.07, 6.45) is 2.04. The van der Waals surface area contributed by atoms with Gasteiger partial charge < -0.3 is 10.2 Å². The second kappa shape index (κ2) is 6.63. The number of hydrogen-bond donors (Lipinski definition) is 1. The van der Waals surface area contributed by atoms with Gasteiger partial charge in [-0.05, 0) is 55.5 Å². The molecular formula is C19H21ClN2O. The molecule has 0 radical (unpaired) electrons. The van der Waals surface area contributed by atoms with Crippen molar-refractivity contribution < 1.29 is 4.79 Å². The van der Waals surface area contributed by atoms with Crippen LogP contribution in [0.4, 0.5) is 10.5 Å². The normalized spacial score (nSPS) is 17.3. The van der Waals surface area contributed by atoms with E-state index in [1.807, 2.05) is 42.2 Å². The van der Waals surface area contributed by atoms with Crippen LogP contribution in [0.5, 0.6) is 0 Å². The molecule has 0 saturated carbocycles. The second-order valence-corrected chi connectivity index (χ2v) is 6.46. The third kappa shape index (κ3) is 3.20. The Morgan fingerprint density at radius 2 is 1.96 bits per heavy atom. The molecule has 1 saturated heterocycles. The number of nitrogens with zero attached hydrogens (tertiary/aromatic N) is 1. The predicted octanol–water partition coefficient (Wildman–Crippen LogP) is 5.33. The number of rotatable bonds is 2. The smallest absolute Gasteiger partial charge is 0.317 e. The highest BCUT2D eigenvalue weighted by atomic mass is 35.5. The van der Waals surface area contributed by atoms with Gasteiger partial charge in [-0.25, -0.2) is 4.79 Å². The van der Waals surface area contributed by atoms with E-state index >= 15 is 0 Å². The third-order valence-corrected chi connectivity index (χ3v) is 4.98. The van der Waals surface area contributed by atoms with Gasteiger partial charge in [0.1, 0.15) is 0 Å². The molecule has 1 aliphatic heterocycles. The van der Waals surface area contributed by atoms with Gasteiger partial charge in [0.05, 0.1) is 6.04 Å². The van der Waals surface area contributed by atoms with Gasteiger partial charge in [0.2, 0.25) is 0 Å². The average Bonchev–Trinajstić information content (AvgIpc) is 3.02. The molecule has 1 heterocycles. The van der Waals surface area contributed by atoms with Gasteiger partial charge in [-0.1, -0.05) is 41.9 Å². The maximum Gasteiger partial charge on any atom is 0.322 e. The Balaban J connectivity index is 1.81. The van der Waals surface area contributed by atoms with E-state index in [1.165, 1.54) is 11.1 Å². The van der Waals surface area contributed by atoms with E-state index in [-0.39, 0.29) is 12.1 Å². The summed E-state index contributed by atoms with van der Waals surface area (Å²) < 4.78 is 0. The Hall–Kier alpha value is -2.00. The van der Waals surface area contributed by atoms with Gasteiger partial charge in [0.15, 0.2) is 0 Å². The number of likely N-dealkylation sites (tertiary alicyclic amines) is 1. The number of carbonyl (C=O) groups is 1. The first-order valence-electron chi connectivity index (χ1n) is 7.96. The Bertz CT molecular complexity index is 729. The number of urea groups is 1. The fourth-order valence-corrected chi connectivity index (χ4v) is 3.40. The topological polar surface area (TPSA) is 32.3 Å². The lowest BCUT2D eigenvalue weighted by Gasteiger charge is -2.27. The van der Waals surface area contributed by atoms with Crippen LogP contribution >= 0.6 is 11.6 Å². The number of carbonyl (C=O) groups excluding carboxylic acids is 1. The summed E-state index contributed by atoms with van der Waals surface area (Å²) in [4.78, 5) is 14.7. The summed E-state index contributed by atoms with van der Waals surface area (Å²) >= 11 is 6.14. The van der Waals surface area contributed by atoms with Gasteiger partial charge in [-0.3, -0.25) is 0 Å². The number of benzene rings is 2. The quantitative estimate of drug-likeness (QED) is 0.794. The fourth-order valence-electron chi connectivity index (χ4n) is 3.22. The van der Waals surface area contributed by atoms with Crippen molar-refractivity contribution in [3.63, 3.8) is 0 Å². The van der Waals surface area contributed by atoms with Crippen LogP contribution in [-0.4, -0.2) is 17.5 Å². The zero-order valence-corrected chi connectivity index (χ0v) is 14.2. The van der Waals surface area contributed by atoms with E-state index in [2.05, 4.69) is 24.4 Å². The van der Waals surface area contributed by atoms with E-state index in [1.54, 1.807) is 0 Å². The Morgan fingerprint density at radius 1 is 1.17 bits per heavy atom. The van der Waals surface area contributed by atoms with Crippen LogP contribution in [-0.2, 0) is 0 Å². The SMILES string of the molecule is Cc1ccccc1[C@@H]1CCCN1C(=O)Nc1cccc(Cl)c1C. The maximum absolute atomic E-state index is 12.7. The number of halogens is 1. The van der Waals surface area contributed by atoms with Crippen LogP contribution in [0.3, 0.4) is 0 Å². The monoisotopic (exact) mass is 328 g/mol. The van der Waals surface area contributed by atoms with E-state index in [4.69, 9.17) is 11.6 Å². The molecule has 0 unspecified atom stereocenters. The molecule has 2 aromatic carbocycles. The predicted molar refractivity (Wildman–Crippen MR) is 95.1 cm³/mol. The Labute approximate surface area is 142 Å².